The Morgan fingerprint density at radius 2 is 1.29 bits per heavy atom. The predicted molar refractivity (Wildman–Crippen MR) is 100 cm³/mol. The fourth-order valence-corrected chi connectivity index (χ4v) is 2.92. The van der Waals surface area contributed by atoms with Crippen LogP contribution in [0, 0.1) is 0 Å². The SMILES string of the molecule is CCCCCCCCCCCCCC(=O)OCCCS(=O)(=O)O.[NaH]. The number of hydrogen-bond acceptors (Lipinski definition) is 4. The topological polar surface area (TPSA) is 80.7 Å². The molecule has 0 fully saturated rings. The molecule has 0 radical (unpaired) electrons. The van der Waals surface area contributed by atoms with Crippen LogP contribution in [0.4, 0.5) is 0 Å². The van der Waals surface area contributed by atoms with E-state index < -0.39 is 10.1 Å². The maximum atomic E-state index is 11.4. The molecule has 24 heavy (non-hydrogen) atoms. The molecule has 0 rings (SSSR count). The van der Waals surface area contributed by atoms with Gasteiger partial charge in [-0.15, -0.1) is 0 Å². The van der Waals surface area contributed by atoms with Crippen molar-refractivity contribution in [3.8, 4) is 0 Å². The standard InChI is InChI=1S/C17H34O5S.Na.H/c1-2-3-4-5-6-7-8-9-10-11-12-14-17(18)22-15-13-16-23(19,20)21;;/h2-16H2,1H3,(H,19,20,21);;. The number of ether oxygens (including phenoxy) is 1. The van der Waals surface area contributed by atoms with Gasteiger partial charge in [0, 0.05) is 6.42 Å². The normalized spacial score (nSPS) is 11.1. The van der Waals surface area contributed by atoms with Gasteiger partial charge in [-0.05, 0) is 12.8 Å². The van der Waals surface area contributed by atoms with Crippen molar-refractivity contribution in [1.29, 1.82) is 0 Å². The van der Waals surface area contributed by atoms with Crippen LogP contribution < -0.4 is 0 Å². The molecule has 0 aromatic heterocycles. The first-order chi connectivity index (χ1) is 11.0. The number of unbranched alkanes of at least 4 members (excludes halogenated alkanes) is 10. The van der Waals surface area contributed by atoms with Gasteiger partial charge in [0.05, 0.1) is 12.4 Å². The van der Waals surface area contributed by atoms with Crippen molar-refractivity contribution in [2.24, 2.45) is 0 Å². The van der Waals surface area contributed by atoms with Crippen molar-refractivity contribution < 1.29 is 22.5 Å². The molecule has 0 spiro atoms. The van der Waals surface area contributed by atoms with Crippen molar-refractivity contribution in [2.75, 3.05) is 12.4 Å². The van der Waals surface area contributed by atoms with Crippen molar-refractivity contribution >= 4 is 45.6 Å². The molecule has 7 heteroatoms. The van der Waals surface area contributed by atoms with E-state index in [0.717, 1.165) is 19.3 Å². The van der Waals surface area contributed by atoms with Crippen LogP contribution in [0.3, 0.4) is 0 Å². The van der Waals surface area contributed by atoms with Crippen LogP contribution in [-0.4, -0.2) is 60.9 Å². The summed E-state index contributed by atoms with van der Waals surface area (Å²) < 4.78 is 34.4. The van der Waals surface area contributed by atoms with E-state index >= 15 is 0 Å². The quantitative estimate of drug-likeness (QED) is 0.192. The molecule has 0 saturated carbocycles. The minimum atomic E-state index is -3.95. The molecule has 0 saturated heterocycles. The van der Waals surface area contributed by atoms with Crippen LogP contribution in [0.25, 0.3) is 0 Å². The maximum absolute atomic E-state index is 11.4. The molecule has 1 N–H and O–H groups in total. The summed E-state index contributed by atoms with van der Waals surface area (Å²) in [7, 11) is -3.95. The zero-order chi connectivity index (χ0) is 17.4. The van der Waals surface area contributed by atoms with Crippen molar-refractivity contribution in [3.05, 3.63) is 0 Å². The first-order valence-corrected chi connectivity index (χ1v) is 10.7. The van der Waals surface area contributed by atoms with Gasteiger partial charge in [-0.2, -0.15) is 8.42 Å². The molecular formula is C17H35NaO5S. The van der Waals surface area contributed by atoms with Gasteiger partial charge in [0.1, 0.15) is 0 Å². The third-order valence-corrected chi connectivity index (χ3v) is 4.60. The van der Waals surface area contributed by atoms with Gasteiger partial charge in [-0.3, -0.25) is 9.35 Å². The number of carbonyl (C=O) groups excluding carboxylic acids is 1. The van der Waals surface area contributed by atoms with Gasteiger partial charge in [-0.25, -0.2) is 0 Å². The molecule has 140 valence electrons. The molecule has 0 unspecified atom stereocenters. The summed E-state index contributed by atoms with van der Waals surface area (Å²) in [5.41, 5.74) is 0. The van der Waals surface area contributed by atoms with Crippen LogP contribution in [0.5, 0.6) is 0 Å². The summed E-state index contributed by atoms with van der Waals surface area (Å²) in [6.07, 6.45) is 14.1. The third kappa shape index (κ3) is 22.4. The molecular weight excluding hydrogens is 339 g/mol. The van der Waals surface area contributed by atoms with Gasteiger partial charge in [0.2, 0.25) is 0 Å². The predicted octanol–water partition coefficient (Wildman–Crippen LogP) is 3.86. The molecule has 5 nitrogen and oxygen atoms in total. The Labute approximate surface area is 170 Å². The molecule has 0 aromatic carbocycles. The number of esters is 1. The Balaban J connectivity index is 0. The van der Waals surface area contributed by atoms with E-state index in [1.54, 1.807) is 0 Å². The number of hydrogen-bond donors (Lipinski definition) is 1. The van der Waals surface area contributed by atoms with E-state index in [1.165, 1.54) is 51.4 Å². The molecule has 0 aliphatic heterocycles. The van der Waals surface area contributed by atoms with Crippen molar-refractivity contribution in [1.82, 2.24) is 0 Å². The van der Waals surface area contributed by atoms with Gasteiger partial charge < -0.3 is 4.74 Å². The van der Waals surface area contributed by atoms with Crippen LogP contribution in [0.15, 0.2) is 0 Å². The Kier molecular flexibility index (Phi) is 20.2. The molecule has 0 aromatic rings. The second-order valence-corrected chi connectivity index (χ2v) is 7.72. The van der Waals surface area contributed by atoms with E-state index in [2.05, 4.69) is 6.92 Å². The molecule has 0 amide bonds. The molecule has 0 heterocycles. The number of rotatable bonds is 16. The minimum absolute atomic E-state index is 0. The summed E-state index contributed by atoms with van der Waals surface area (Å²) in [5, 5.41) is 0. The molecule has 0 atom stereocenters. The summed E-state index contributed by atoms with van der Waals surface area (Å²) >= 11 is 0. The van der Waals surface area contributed by atoms with Gasteiger partial charge in [-0.1, -0.05) is 71.1 Å². The number of carbonyl (C=O) groups is 1. The average molecular weight is 375 g/mol. The van der Waals surface area contributed by atoms with E-state index in [4.69, 9.17) is 9.29 Å². The van der Waals surface area contributed by atoms with Crippen LogP contribution in [-0.2, 0) is 19.6 Å². The second-order valence-electron chi connectivity index (χ2n) is 6.15. The Morgan fingerprint density at radius 1 is 0.833 bits per heavy atom. The summed E-state index contributed by atoms with van der Waals surface area (Å²) in [6, 6.07) is 0. The molecule has 0 aliphatic carbocycles. The molecule has 0 aliphatic rings. The summed E-state index contributed by atoms with van der Waals surface area (Å²) in [6.45, 7) is 2.28. The second kappa shape index (κ2) is 18.2. The monoisotopic (exact) mass is 374 g/mol. The Hall–Kier alpha value is 0.380. The van der Waals surface area contributed by atoms with Gasteiger partial charge >= 0.3 is 35.5 Å². The molecule has 0 bridgehead atoms. The summed E-state index contributed by atoms with van der Waals surface area (Å²) in [4.78, 5) is 11.4. The fraction of sp³-hybridized carbons (Fsp3) is 0.941. The first-order valence-electron chi connectivity index (χ1n) is 9.06. The van der Waals surface area contributed by atoms with Crippen molar-refractivity contribution in [3.63, 3.8) is 0 Å². The van der Waals surface area contributed by atoms with E-state index in [-0.39, 0.29) is 54.3 Å². The van der Waals surface area contributed by atoms with Crippen LogP contribution in [0.2, 0.25) is 0 Å². The first kappa shape index (κ1) is 26.6. The Bertz CT molecular complexity index is 384. The zero-order valence-electron chi connectivity index (χ0n) is 14.6. The third-order valence-electron chi connectivity index (χ3n) is 3.79. The van der Waals surface area contributed by atoms with E-state index in [1.807, 2.05) is 0 Å². The van der Waals surface area contributed by atoms with Crippen molar-refractivity contribution in [2.45, 2.75) is 90.4 Å². The van der Waals surface area contributed by atoms with Gasteiger partial charge in [0.25, 0.3) is 10.1 Å². The average Bonchev–Trinajstić information content (AvgIpc) is 2.48. The van der Waals surface area contributed by atoms with E-state index in [9.17, 15) is 13.2 Å². The van der Waals surface area contributed by atoms with Crippen LogP contribution >= 0.6 is 0 Å². The van der Waals surface area contributed by atoms with Gasteiger partial charge in [0.15, 0.2) is 0 Å². The van der Waals surface area contributed by atoms with Crippen LogP contribution in [0.1, 0.15) is 90.4 Å². The fourth-order valence-electron chi connectivity index (χ4n) is 2.43. The Morgan fingerprint density at radius 3 is 1.75 bits per heavy atom. The zero-order valence-corrected chi connectivity index (χ0v) is 15.4. The summed E-state index contributed by atoms with van der Waals surface area (Å²) in [5.74, 6) is -0.644. The van der Waals surface area contributed by atoms with E-state index in [0.29, 0.717) is 6.42 Å².